The topological polar surface area (TPSA) is 198 Å². The van der Waals surface area contributed by atoms with Crippen molar-refractivity contribution in [1.29, 1.82) is 0 Å². The summed E-state index contributed by atoms with van der Waals surface area (Å²) >= 11 is 0. The van der Waals surface area contributed by atoms with E-state index in [0.29, 0.717) is 0 Å². The predicted molar refractivity (Wildman–Crippen MR) is 80.2 cm³/mol. The van der Waals surface area contributed by atoms with E-state index in [0.717, 1.165) is 0 Å². The van der Waals surface area contributed by atoms with Gasteiger partial charge in [0.05, 0.1) is 13.2 Å². The van der Waals surface area contributed by atoms with Crippen molar-refractivity contribution in [2.45, 2.75) is 68.3 Å². The molecular weight excluding hydrogens is 358 g/mol. The molecule has 2 fully saturated rings. The zero-order chi connectivity index (χ0) is 19.6. The maximum atomic E-state index is 11.1. The molecule has 0 saturated carbocycles. The van der Waals surface area contributed by atoms with Crippen LogP contribution in [0.3, 0.4) is 0 Å². The van der Waals surface area contributed by atoms with Gasteiger partial charge in [-0.25, -0.2) is 0 Å². The molecule has 2 saturated heterocycles. The molecule has 152 valence electrons. The van der Waals surface area contributed by atoms with Crippen LogP contribution in [-0.2, 0) is 19.0 Å². The minimum Gasteiger partial charge on any atom is -0.394 e. The standard InChI is InChI=1S/C14H25NO11/c1-4(17)15-7-10(20)9(19)6(25-13(7)23)3-24-14-12(22)11(21)8(18)5(2-16)26-14/h5-14,16,18-23H,2-3H2,1H3,(H,15,17)/t5-,6+,7+,8+,9+,10-,11+,12+,13-,14-/m1/s1. The molecule has 0 aromatic heterocycles. The number of hydrogen-bond acceptors (Lipinski definition) is 11. The lowest BCUT2D eigenvalue weighted by molar-refractivity contribution is -0.318. The summed E-state index contributed by atoms with van der Waals surface area (Å²) in [6.07, 6.45) is -13.4. The molecule has 8 N–H and O–H groups in total. The van der Waals surface area contributed by atoms with E-state index >= 15 is 0 Å². The van der Waals surface area contributed by atoms with Gasteiger partial charge < -0.3 is 55.3 Å². The van der Waals surface area contributed by atoms with Crippen molar-refractivity contribution in [3.05, 3.63) is 0 Å². The Balaban J connectivity index is 1.95. The molecule has 0 unspecified atom stereocenters. The van der Waals surface area contributed by atoms with E-state index < -0.39 is 80.5 Å². The molecule has 0 spiro atoms. The number of hydrogen-bond donors (Lipinski definition) is 8. The fraction of sp³-hybridized carbons (Fsp3) is 0.929. The Kier molecular flexibility index (Phi) is 7.27. The fourth-order valence-electron chi connectivity index (χ4n) is 2.87. The number of aliphatic hydroxyl groups excluding tert-OH is 7. The largest absolute Gasteiger partial charge is 0.394 e. The number of carbonyl (C=O) groups excluding carboxylic acids is 1. The predicted octanol–water partition coefficient (Wildman–Crippen LogP) is -5.25. The van der Waals surface area contributed by atoms with E-state index in [2.05, 4.69) is 5.32 Å². The molecule has 0 bridgehead atoms. The minimum absolute atomic E-state index is 0.467. The highest BCUT2D eigenvalue weighted by molar-refractivity contribution is 5.73. The first-order valence-corrected chi connectivity index (χ1v) is 8.06. The molecule has 0 aliphatic carbocycles. The van der Waals surface area contributed by atoms with Crippen LogP contribution in [0.4, 0.5) is 0 Å². The summed E-state index contributed by atoms with van der Waals surface area (Å²) in [6, 6.07) is -1.24. The Hall–Kier alpha value is -0.930. The molecule has 0 aromatic rings. The average molecular weight is 383 g/mol. The lowest BCUT2D eigenvalue weighted by atomic mass is 9.97. The number of nitrogens with one attached hydrogen (secondary N) is 1. The van der Waals surface area contributed by atoms with E-state index in [4.69, 9.17) is 19.3 Å². The zero-order valence-corrected chi connectivity index (χ0v) is 14.0. The Morgan fingerprint density at radius 1 is 0.923 bits per heavy atom. The summed E-state index contributed by atoms with van der Waals surface area (Å²) in [5, 5.41) is 70.6. The summed E-state index contributed by atoms with van der Waals surface area (Å²) in [4.78, 5) is 11.1. The van der Waals surface area contributed by atoms with Crippen LogP contribution in [0.25, 0.3) is 0 Å². The van der Waals surface area contributed by atoms with E-state index in [9.17, 15) is 35.4 Å². The van der Waals surface area contributed by atoms with Crippen LogP contribution in [-0.4, -0.2) is 116 Å². The number of aliphatic hydroxyl groups is 7. The summed E-state index contributed by atoms with van der Waals surface area (Å²) < 4.78 is 15.5. The number of rotatable bonds is 5. The van der Waals surface area contributed by atoms with Crippen LogP contribution >= 0.6 is 0 Å². The molecule has 2 heterocycles. The lowest BCUT2D eigenvalue weighted by Gasteiger charge is -2.42. The minimum atomic E-state index is -1.64. The second-order valence-electron chi connectivity index (χ2n) is 6.30. The third kappa shape index (κ3) is 4.48. The first kappa shape index (κ1) is 21.4. The molecule has 0 radical (unpaired) electrons. The van der Waals surface area contributed by atoms with Gasteiger partial charge in [-0.05, 0) is 0 Å². The Morgan fingerprint density at radius 2 is 1.54 bits per heavy atom. The van der Waals surface area contributed by atoms with Crippen LogP contribution in [0.5, 0.6) is 0 Å². The van der Waals surface area contributed by atoms with E-state index in [1.807, 2.05) is 0 Å². The summed E-state index contributed by atoms with van der Waals surface area (Å²) in [5.74, 6) is -0.542. The molecule has 26 heavy (non-hydrogen) atoms. The van der Waals surface area contributed by atoms with Gasteiger partial charge in [-0.1, -0.05) is 0 Å². The van der Waals surface area contributed by atoms with Crippen molar-refractivity contribution in [3.63, 3.8) is 0 Å². The maximum Gasteiger partial charge on any atom is 0.217 e. The summed E-state index contributed by atoms with van der Waals surface area (Å²) in [5.41, 5.74) is 0. The average Bonchev–Trinajstić information content (AvgIpc) is 2.59. The molecule has 12 nitrogen and oxygen atoms in total. The maximum absolute atomic E-state index is 11.1. The highest BCUT2D eigenvalue weighted by Gasteiger charge is 2.47. The van der Waals surface area contributed by atoms with Gasteiger partial charge in [0.25, 0.3) is 0 Å². The van der Waals surface area contributed by atoms with Crippen molar-refractivity contribution in [2.24, 2.45) is 0 Å². The molecule has 0 aromatic carbocycles. The van der Waals surface area contributed by atoms with Crippen molar-refractivity contribution in [3.8, 4) is 0 Å². The first-order valence-electron chi connectivity index (χ1n) is 8.06. The molecule has 1 amide bonds. The Bertz CT molecular complexity index is 478. The molecule has 2 rings (SSSR count). The van der Waals surface area contributed by atoms with Gasteiger partial charge in [0.1, 0.15) is 48.8 Å². The quantitative estimate of drug-likeness (QED) is 0.226. The van der Waals surface area contributed by atoms with Crippen molar-refractivity contribution >= 4 is 5.91 Å². The van der Waals surface area contributed by atoms with Gasteiger partial charge in [0.2, 0.25) is 5.91 Å². The smallest absolute Gasteiger partial charge is 0.217 e. The zero-order valence-electron chi connectivity index (χ0n) is 14.0. The van der Waals surface area contributed by atoms with E-state index in [1.54, 1.807) is 0 Å². The number of ether oxygens (including phenoxy) is 3. The van der Waals surface area contributed by atoms with Gasteiger partial charge >= 0.3 is 0 Å². The highest BCUT2D eigenvalue weighted by atomic mass is 16.7. The number of amides is 1. The van der Waals surface area contributed by atoms with Gasteiger partial charge in [-0.2, -0.15) is 0 Å². The SMILES string of the molecule is CC(=O)N[C@H]1[C@@H](O)[C@@H](O)[C@H](CO[C@@H]2O[C@H](CO)[C@H](O)[C@H](O)[C@@H]2O)O[C@H]1O. The van der Waals surface area contributed by atoms with Crippen LogP contribution in [0.15, 0.2) is 0 Å². The van der Waals surface area contributed by atoms with Crippen LogP contribution < -0.4 is 5.32 Å². The highest BCUT2D eigenvalue weighted by Crippen LogP contribution is 2.24. The monoisotopic (exact) mass is 383 g/mol. The van der Waals surface area contributed by atoms with Crippen molar-refractivity contribution in [1.82, 2.24) is 5.32 Å². The molecular formula is C14H25NO11. The third-order valence-corrected chi connectivity index (χ3v) is 4.36. The normalized spacial score (nSPS) is 46.8. The van der Waals surface area contributed by atoms with Gasteiger partial charge in [-0.15, -0.1) is 0 Å². The lowest BCUT2D eigenvalue weighted by Crippen LogP contribution is -2.64. The molecule has 2 aliphatic rings. The van der Waals surface area contributed by atoms with Crippen molar-refractivity contribution in [2.75, 3.05) is 13.2 Å². The van der Waals surface area contributed by atoms with Gasteiger partial charge in [0, 0.05) is 6.92 Å². The first-order chi connectivity index (χ1) is 12.2. The van der Waals surface area contributed by atoms with Gasteiger partial charge in [-0.3, -0.25) is 4.79 Å². The van der Waals surface area contributed by atoms with Gasteiger partial charge in [0.15, 0.2) is 12.6 Å². The second kappa shape index (κ2) is 8.84. The second-order valence-corrected chi connectivity index (χ2v) is 6.30. The molecule has 12 heteroatoms. The summed E-state index contributed by atoms with van der Waals surface area (Å²) in [7, 11) is 0. The van der Waals surface area contributed by atoms with Crippen LogP contribution in [0.2, 0.25) is 0 Å². The van der Waals surface area contributed by atoms with E-state index in [-0.39, 0.29) is 0 Å². The van der Waals surface area contributed by atoms with Crippen LogP contribution in [0.1, 0.15) is 6.92 Å². The molecule has 2 aliphatic heterocycles. The number of carbonyl (C=O) groups is 1. The Morgan fingerprint density at radius 3 is 2.12 bits per heavy atom. The van der Waals surface area contributed by atoms with Crippen LogP contribution in [0, 0.1) is 0 Å². The third-order valence-electron chi connectivity index (χ3n) is 4.36. The fourth-order valence-corrected chi connectivity index (χ4v) is 2.87. The Labute approximate surface area is 148 Å². The van der Waals surface area contributed by atoms with E-state index in [1.165, 1.54) is 6.92 Å². The summed E-state index contributed by atoms with van der Waals surface area (Å²) in [6.45, 7) is 0.0636. The molecule has 10 atom stereocenters. The van der Waals surface area contributed by atoms with Crippen molar-refractivity contribution < 1.29 is 54.8 Å².